The SMILES string of the molecule is COc1ccc(Br)c(C(=O)N2CCC(C3OCCO3)CC2)c1. The highest BCUT2D eigenvalue weighted by atomic mass is 79.9. The van der Waals surface area contributed by atoms with Crippen molar-refractivity contribution in [2.45, 2.75) is 19.1 Å². The smallest absolute Gasteiger partial charge is 0.255 e. The summed E-state index contributed by atoms with van der Waals surface area (Å²) in [4.78, 5) is 14.6. The van der Waals surface area contributed by atoms with Crippen LogP contribution in [-0.2, 0) is 9.47 Å². The lowest BCUT2D eigenvalue weighted by Gasteiger charge is -2.34. The normalized spacial score (nSPS) is 20.4. The molecule has 22 heavy (non-hydrogen) atoms. The van der Waals surface area contributed by atoms with Gasteiger partial charge in [0, 0.05) is 23.5 Å². The van der Waals surface area contributed by atoms with Gasteiger partial charge in [-0.25, -0.2) is 0 Å². The third kappa shape index (κ3) is 3.29. The third-order valence-electron chi connectivity index (χ3n) is 4.26. The summed E-state index contributed by atoms with van der Waals surface area (Å²) in [6.07, 6.45) is 1.75. The van der Waals surface area contributed by atoms with Gasteiger partial charge in [-0.05, 0) is 47.0 Å². The standard InChI is InChI=1S/C16H20BrNO4/c1-20-12-2-3-14(17)13(10-12)15(19)18-6-4-11(5-7-18)16-21-8-9-22-16/h2-3,10-11,16H,4-9H2,1H3. The minimum absolute atomic E-state index is 0.0393. The Morgan fingerprint density at radius 1 is 1.27 bits per heavy atom. The van der Waals surface area contributed by atoms with E-state index in [0.717, 1.165) is 30.4 Å². The maximum absolute atomic E-state index is 12.7. The number of piperidine rings is 1. The summed E-state index contributed by atoms with van der Waals surface area (Å²) >= 11 is 3.45. The molecule has 2 saturated heterocycles. The monoisotopic (exact) mass is 369 g/mol. The van der Waals surface area contributed by atoms with E-state index in [0.29, 0.717) is 30.4 Å². The molecule has 1 amide bonds. The molecule has 2 aliphatic rings. The van der Waals surface area contributed by atoms with Crippen molar-refractivity contribution in [2.75, 3.05) is 33.4 Å². The molecule has 2 aliphatic heterocycles. The van der Waals surface area contributed by atoms with Crippen molar-refractivity contribution in [1.82, 2.24) is 4.90 Å². The van der Waals surface area contributed by atoms with E-state index >= 15 is 0 Å². The van der Waals surface area contributed by atoms with Crippen molar-refractivity contribution >= 4 is 21.8 Å². The van der Waals surface area contributed by atoms with Crippen molar-refractivity contribution in [2.24, 2.45) is 5.92 Å². The molecule has 1 aromatic carbocycles. The minimum atomic E-state index is -0.0826. The van der Waals surface area contributed by atoms with Gasteiger partial charge in [0.15, 0.2) is 6.29 Å². The number of methoxy groups -OCH3 is 1. The molecule has 2 heterocycles. The quantitative estimate of drug-likeness (QED) is 0.821. The molecule has 0 radical (unpaired) electrons. The zero-order valence-electron chi connectivity index (χ0n) is 12.6. The Labute approximate surface area is 138 Å². The Hall–Kier alpha value is -1.11. The molecular weight excluding hydrogens is 350 g/mol. The first-order valence-corrected chi connectivity index (χ1v) is 8.34. The number of likely N-dealkylation sites (tertiary alicyclic amines) is 1. The van der Waals surface area contributed by atoms with Crippen LogP contribution in [0.4, 0.5) is 0 Å². The second-order valence-electron chi connectivity index (χ2n) is 5.59. The lowest BCUT2D eigenvalue weighted by atomic mass is 9.95. The lowest BCUT2D eigenvalue weighted by Crippen LogP contribution is -2.41. The van der Waals surface area contributed by atoms with Crippen molar-refractivity contribution < 1.29 is 19.0 Å². The molecule has 0 aromatic heterocycles. The molecule has 0 bridgehead atoms. The van der Waals surface area contributed by atoms with E-state index in [2.05, 4.69) is 15.9 Å². The maximum Gasteiger partial charge on any atom is 0.255 e. The van der Waals surface area contributed by atoms with Gasteiger partial charge in [-0.1, -0.05) is 0 Å². The molecule has 0 unspecified atom stereocenters. The number of benzene rings is 1. The van der Waals surface area contributed by atoms with Crippen LogP contribution in [0.15, 0.2) is 22.7 Å². The molecule has 120 valence electrons. The van der Waals surface area contributed by atoms with Crippen LogP contribution in [0.2, 0.25) is 0 Å². The van der Waals surface area contributed by atoms with E-state index in [1.165, 1.54) is 0 Å². The highest BCUT2D eigenvalue weighted by Gasteiger charge is 2.32. The van der Waals surface area contributed by atoms with Crippen LogP contribution in [0, 0.1) is 5.92 Å². The second-order valence-corrected chi connectivity index (χ2v) is 6.44. The molecule has 6 heteroatoms. The van der Waals surface area contributed by atoms with Gasteiger partial charge in [-0.15, -0.1) is 0 Å². The molecule has 2 fully saturated rings. The largest absolute Gasteiger partial charge is 0.497 e. The molecule has 0 saturated carbocycles. The summed E-state index contributed by atoms with van der Waals surface area (Å²) in [7, 11) is 1.60. The number of carbonyl (C=O) groups is 1. The van der Waals surface area contributed by atoms with Crippen molar-refractivity contribution in [1.29, 1.82) is 0 Å². The minimum Gasteiger partial charge on any atom is -0.497 e. The van der Waals surface area contributed by atoms with Gasteiger partial charge in [0.05, 0.1) is 25.9 Å². The molecule has 3 rings (SSSR count). The van der Waals surface area contributed by atoms with E-state index in [-0.39, 0.29) is 12.2 Å². The number of nitrogens with zero attached hydrogens (tertiary/aromatic N) is 1. The first-order chi connectivity index (χ1) is 10.7. The van der Waals surface area contributed by atoms with Crippen LogP contribution in [0.25, 0.3) is 0 Å². The summed E-state index contributed by atoms with van der Waals surface area (Å²) in [6.45, 7) is 2.83. The Bertz CT molecular complexity index is 537. The van der Waals surface area contributed by atoms with Gasteiger partial charge in [-0.3, -0.25) is 4.79 Å². The molecule has 0 spiro atoms. The van der Waals surface area contributed by atoms with Gasteiger partial charge in [-0.2, -0.15) is 0 Å². The summed E-state index contributed by atoms with van der Waals surface area (Å²) in [6, 6.07) is 5.46. The predicted octanol–water partition coefficient (Wildman–Crippen LogP) is 2.68. The zero-order valence-corrected chi connectivity index (χ0v) is 14.2. The topological polar surface area (TPSA) is 48.0 Å². The maximum atomic E-state index is 12.7. The second kappa shape index (κ2) is 6.98. The molecule has 0 aliphatic carbocycles. The number of ether oxygens (including phenoxy) is 3. The van der Waals surface area contributed by atoms with Gasteiger partial charge < -0.3 is 19.1 Å². The Kier molecular flexibility index (Phi) is 5.00. The fourth-order valence-corrected chi connectivity index (χ4v) is 3.41. The van der Waals surface area contributed by atoms with Crippen molar-refractivity contribution in [3.8, 4) is 5.75 Å². The van der Waals surface area contributed by atoms with Gasteiger partial charge in [0.1, 0.15) is 5.75 Å². The van der Waals surface area contributed by atoms with E-state index in [4.69, 9.17) is 14.2 Å². The molecular formula is C16H20BrNO4. The Morgan fingerprint density at radius 2 is 1.95 bits per heavy atom. The first kappa shape index (κ1) is 15.8. The number of hydrogen-bond acceptors (Lipinski definition) is 4. The van der Waals surface area contributed by atoms with E-state index < -0.39 is 0 Å². The molecule has 1 aromatic rings. The summed E-state index contributed by atoms with van der Waals surface area (Å²) in [5.41, 5.74) is 0.645. The molecule has 5 nitrogen and oxygen atoms in total. The van der Waals surface area contributed by atoms with Gasteiger partial charge in [0.25, 0.3) is 5.91 Å². The fourth-order valence-electron chi connectivity index (χ4n) is 2.99. The number of rotatable bonds is 3. The highest BCUT2D eigenvalue weighted by molar-refractivity contribution is 9.10. The first-order valence-electron chi connectivity index (χ1n) is 7.55. The van der Waals surface area contributed by atoms with Crippen LogP contribution in [0.1, 0.15) is 23.2 Å². The van der Waals surface area contributed by atoms with Crippen LogP contribution in [-0.4, -0.2) is 50.5 Å². The average molecular weight is 370 g/mol. The van der Waals surface area contributed by atoms with Crippen LogP contribution < -0.4 is 4.74 Å². The van der Waals surface area contributed by atoms with Crippen LogP contribution in [0.3, 0.4) is 0 Å². The summed E-state index contributed by atoms with van der Waals surface area (Å²) in [5, 5.41) is 0. The lowest BCUT2D eigenvalue weighted by molar-refractivity contribution is -0.0956. The van der Waals surface area contributed by atoms with E-state index in [1.807, 2.05) is 17.0 Å². The average Bonchev–Trinajstić information content (AvgIpc) is 3.09. The third-order valence-corrected chi connectivity index (χ3v) is 4.95. The Balaban J connectivity index is 1.64. The number of carbonyl (C=O) groups excluding carboxylic acids is 1. The summed E-state index contributed by atoms with van der Waals surface area (Å²) < 4.78 is 17.1. The fraction of sp³-hybridized carbons (Fsp3) is 0.562. The zero-order chi connectivity index (χ0) is 15.5. The van der Waals surface area contributed by atoms with Crippen LogP contribution in [0.5, 0.6) is 5.75 Å². The number of hydrogen-bond donors (Lipinski definition) is 0. The Morgan fingerprint density at radius 3 is 2.59 bits per heavy atom. The van der Waals surface area contributed by atoms with E-state index in [1.54, 1.807) is 13.2 Å². The van der Waals surface area contributed by atoms with E-state index in [9.17, 15) is 4.79 Å². The van der Waals surface area contributed by atoms with Crippen LogP contribution >= 0.6 is 15.9 Å². The van der Waals surface area contributed by atoms with Gasteiger partial charge in [0.2, 0.25) is 0 Å². The summed E-state index contributed by atoms with van der Waals surface area (Å²) in [5.74, 6) is 1.12. The number of amides is 1. The predicted molar refractivity (Wildman–Crippen MR) is 85.0 cm³/mol. The molecule has 0 N–H and O–H groups in total. The van der Waals surface area contributed by atoms with Crippen molar-refractivity contribution in [3.05, 3.63) is 28.2 Å². The number of halogens is 1. The van der Waals surface area contributed by atoms with Gasteiger partial charge >= 0.3 is 0 Å². The highest BCUT2D eigenvalue weighted by Crippen LogP contribution is 2.29. The molecule has 0 atom stereocenters. The van der Waals surface area contributed by atoms with Crippen molar-refractivity contribution in [3.63, 3.8) is 0 Å².